The SMILES string of the molecule is OC[C@@H](c1cccs1)N1CCCC1. The highest BCUT2D eigenvalue weighted by molar-refractivity contribution is 7.10. The maximum Gasteiger partial charge on any atom is 0.0674 e. The highest BCUT2D eigenvalue weighted by Gasteiger charge is 2.22. The number of nitrogens with zero attached hydrogens (tertiary/aromatic N) is 1. The van der Waals surface area contributed by atoms with Gasteiger partial charge in [-0.1, -0.05) is 6.07 Å². The van der Waals surface area contributed by atoms with Gasteiger partial charge >= 0.3 is 0 Å². The Kier molecular flexibility index (Phi) is 2.98. The summed E-state index contributed by atoms with van der Waals surface area (Å²) in [7, 11) is 0. The van der Waals surface area contributed by atoms with Crippen LogP contribution in [0.4, 0.5) is 0 Å². The lowest BCUT2D eigenvalue weighted by Crippen LogP contribution is -2.27. The smallest absolute Gasteiger partial charge is 0.0674 e. The summed E-state index contributed by atoms with van der Waals surface area (Å²) in [5.41, 5.74) is 0. The van der Waals surface area contributed by atoms with E-state index in [0.717, 1.165) is 13.1 Å². The second kappa shape index (κ2) is 4.22. The Morgan fingerprint density at radius 3 is 2.77 bits per heavy atom. The molecule has 0 unspecified atom stereocenters. The van der Waals surface area contributed by atoms with Crippen LogP contribution in [0.1, 0.15) is 23.8 Å². The first-order chi connectivity index (χ1) is 6.42. The molecule has 1 fully saturated rings. The third-order valence-corrected chi connectivity index (χ3v) is 3.60. The fraction of sp³-hybridized carbons (Fsp3) is 0.600. The number of hydrogen-bond acceptors (Lipinski definition) is 3. The molecule has 1 atom stereocenters. The van der Waals surface area contributed by atoms with Crippen molar-refractivity contribution in [3.63, 3.8) is 0 Å². The zero-order chi connectivity index (χ0) is 9.10. The second-order valence-corrected chi connectivity index (χ2v) is 4.44. The zero-order valence-electron chi connectivity index (χ0n) is 7.65. The standard InChI is InChI=1S/C10H15NOS/c12-8-9(10-4-3-7-13-10)11-5-1-2-6-11/h3-4,7,9,12H,1-2,5-6,8H2/t9-/m0/s1. The average Bonchev–Trinajstić information content (AvgIpc) is 2.76. The highest BCUT2D eigenvalue weighted by atomic mass is 32.1. The lowest BCUT2D eigenvalue weighted by atomic mass is 10.2. The Bertz CT molecular complexity index is 241. The van der Waals surface area contributed by atoms with Crippen molar-refractivity contribution in [2.75, 3.05) is 19.7 Å². The van der Waals surface area contributed by atoms with Crippen molar-refractivity contribution in [2.45, 2.75) is 18.9 Å². The molecule has 2 nitrogen and oxygen atoms in total. The molecule has 1 aromatic rings. The summed E-state index contributed by atoms with van der Waals surface area (Å²) in [5.74, 6) is 0. The second-order valence-electron chi connectivity index (χ2n) is 3.46. The Hall–Kier alpha value is -0.380. The summed E-state index contributed by atoms with van der Waals surface area (Å²) in [4.78, 5) is 3.68. The van der Waals surface area contributed by atoms with E-state index >= 15 is 0 Å². The summed E-state index contributed by atoms with van der Waals surface area (Å²) < 4.78 is 0. The number of aliphatic hydroxyl groups is 1. The van der Waals surface area contributed by atoms with Crippen molar-refractivity contribution in [2.24, 2.45) is 0 Å². The molecule has 0 aromatic carbocycles. The first-order valence-electron chi connectivity index (χ1n) is 4.80. The van der Waals surface area contributed by atoms with Crippen LogP contribution in [0.3, 0.4) is 0 Å². The summed E-state index contributed by atoms with van der Waals surface area (Å²) in [6.07, 6.45) is 2.56. The topological polar surface area (TPSA) is 23.5 Å². The van der Waals surface area contributed by atoms with Gasteiger partial charge in [0.05, 0.1) is 12.6 Å². The van der Waals surface area contributed by atoms with Crippen LogP contribution in [-0.4, -0.2) is 29.7 Å². The Labute approximate surface area is 82.8 Å². The van der Waals surface area contributed by atoms with Crippen LogP contribution in [0.5, 0.6) is 0 Å². The van der Waals surface area contributed by atoms with Crippen molar-refractivity contribution in [3.05, 3.63) is 22.4 Å². The van der Waals surface area contributed by atoms with E-state index in [1.807, 2.05) is 0 Å². The van der Waals surface area contributed by atoms with Crippen molar-refractivity contribution >= 4 is 11.3 Å². The van der Waals surface area contributed by atoms with Crippen molar-refractivity contribution in [3.8, 4) is 0 Å². The Morgan fingerprint density at radius 2 is 2.23 bits per heavy atom. The molecule has 0 amide bonds. The lowest BCUT2D eigenvalue weighted by Gasteiger charge is -2.24. The highest BCUT2D eigenvalue weighted by Crippen LogP contribution is 2.27. The predicted octanol–water partition coefficient (Wildman–Crippen LogP) is 1.88. The summed E-state index contributed by atoms with van der Waals surface area (Å²) in [6, 6.07) is 4.42. The number of rotatable bonds is 3. The van der Waals surface area contributed by atoms with E-state index in [4.69, 9.17) is 0 Å². The Balaban J connectivity index is 2.08. The van der Waals surface area contributed by atoms with Crippen LogP contribution < -0.4 is 0 Å². The third-order valence-electron chi connectivity index (χ3n) is 2.63. The Morgan fingerprint density at radius 1 is 1.46 bits per heavy atom. The molecular weight excluding hydrogens is 182 g/mol. The van der Waals surface area contributed by atoms with Gasteiger partial charge in [0.2, 0.25) is 0 Å². The molecule has 0 saturated carbocycles. The minimum absolute atomic E-state index is 0.251. The number of aliphatic hydroxyl groups excluding tert-OH is 1. The van der Waals surface area contributed by atoms with Crippen LogP contribution in [0.25, 0.3) is 0 Å². The first kappa shape index (κ1) is 9.19. The first-order valence-corrected chi connectivity index (χ1v) is 5.68. The lowest BCUT2D eigenvalue weighted by molar-refractivity contribution is 0.149. The van der Waals surface area contributed by atoms with Gasteiger partial charge in [0.15, 0.2) is 0 Å². The van der Waals surface area contributed by atoms with Gasteiger partial charge in [0, 0.05) is 4.88 Å². The average molecular weight is 197 g/mol. The molecule has 1 aliphatic rings. The normalized spacial score (nSPS) is 20.7. The summed E-state index contributed by atoms with van der Waals surface area (Å²) in [5, 5.41) is 11.4. The molecule has 3 heteroatoms. The van der Waals surface area contributed by atoms with E-state index in [9.17, 15) is 5.11 Å². The maximum absolute atomic E-state index is 9.32. The molecular formula is C10H15NOS. The third kappa shape index (κ3) is 1.93. The summed E-state index contributed by atoms with van der Waals surface area (Å²) in [6.45, 7) is 2.53. The monoisotopic (exact) mass is 197 g/mol. The fourth-order valence-electron chi connectivity index (χ4n) is 1.92. The van der Waals surface area contributed by atoms with E-state index in [2.05, 4.69) is 22.4 Å². The van der Waals surface area contributed by atoms with Crippen LogP contribution in [-0.2, 0) is 0 Å². The largest absolute Gasteiger partial charge is 0.394 e. The predicted molar refractivity (Wildman–Crippen MR) is 55.0 cm³/mol. The van der Waals surface area contributed by atoms with Crippen LogP contribution in [0, 0.1) is 0 Å². The maximum atomic E-state index is 9.32. The van der Waals surface area contributed by atoms with Crippen molar-refractivity contribution in [1.82, 2.24) is 4.90 Å². The molecule has 0 radical (unpaired) electrons. The van der Waals surface area contributed by atoms with Crippen molar-refractivity contribution < 1.29 is 5.11 Å². The molecule has 2 heterocycles. The van der Waals surface area contributed by atoms with Gasteiger partial charge in [-0.05, 0) is 37.4 Å². The van der Waals surface area contributed by atoms with Crippen molar-refractivity contribution in [1.29, 1.82) is 0 Å². The molecule has 2 rings (SSSR count). The number of thiophene rings is 1. The molecule has 1 N–H and O–H groups in total. The van der Waals surface area contributed by atoms with E-state index in [1.165, 1.54) is 17.7 Å². The molecule has 0 aliphatic carbocycles. The van der Waals surface area contributed by atoms with Gasteiger partial charge in [-0.2, -0.15) is 0 Å². The van der Waals surface area contributed by atoms with Gasteiger partial charge < -0.3 is 5.11 Å². The molecule has 1 saturated heterocycles. The molecule has 0 bridgehead atoms. The molecule has 72 valence electrons. The molecule has 1 aromatic heterocycles. The van der Waals surface area contributed by atoms with E-state index in [0.29, 0.717) is 0 Å². The van der Waals surface area contributed by atoms with Crippen LogP contribution in [0.15, 0.2) is 17.5 Å². The zero-order valence-corrected chi connectivity index (χ0v) is 8.46. The van der Waals surface area contributed by atoms with Gasteiger partial charge in [-0.15, -0.1) is 11.3 Å². The van der Waals surface area contributed by atoms with Crippen LogP contribution in [0.2, 0.25) is 0 Å². The number of likely N-dealkylation sites (tertiary alicyclic amines) is 1. The van der Waals surface area contributed by atoms with Crippen LogP contribution >= 0.6 is 11.3 Å². The van der Waals surface area contributed by atoms with E-state index < -0.39 is 0 Å². The minimum Gasteiger partial charge on any atom is -0.394 e. The fourth-order valence-corrected chi connectivity index (χ4v) is 2.77. The van der Waals surface area contributed by atoms with E-state index in [1.54, 1.807) is 11.3 Å². The van der Waals surface area contributed by atoms with E-state index in [-0.39, 0.29) is 12.6 Å². The van der Waals surface area contributed by atoms with Gasteiger partial charge in [0.1, 0.15) is 0 Å². The molecule has 0 spiro atoms. The number of hydrogen-bond donors (Lipinski definition) is 1. The van der Waals surface area contributed by atoms with Gasteiger partial charge in [-0.25, -0.2) is 0 Å². The summed E-state index contributed by atoms with van der Waals surface area (Å²) >= 11 is 1.74. The molecule has 1 aliphatic heterocycles. The van der Waals surface area contributed by atoms with Gasteiger partial charge in [0.25, 0.3) is 0 Å². The van der Waals surface area contributed by atoms with Gasteiger partial charge in [-0.3, -0.25) is 4.90 Å². The molecule has 13 heavy (non-hydrogen) atoms. The minimum atomic E-state index is 0.251. The quantitative estimate of drug-likeness (QED) is 0.799.